The first-order chi connectivity index (χ1) is 15.7. The van der Waals surface area contributed by atoms with E-state index in [0.29, 0.717) is 18.0 Å². The molecule has 2 aliphatic heterocycles. The van der Waals surface area contributed by atoms with Crippen LogP contribution in [0.15, 0.2) is 42.7 Å². The van der Waals surface area contributed by atoms with Gasteiger partial charge in [0.15, 0.2) is 5.65 Å². The van der Waals surface area contributed by atoms with Crippen LogP contribution in [0.4, 0.5) is 17.3 Å². The maximum Gasteiger partial charge on any atom is 0.247 e. The summed E-state index contributed by atoms with van der Waals surface area (Å²) in [5.74, 6) is 0.504. The number of carbonyl (C=O) groups is 1. The number of rotatable bonds is 5. The third-order valence-electron chi connectivity index (χ3n) is 5.63. The molecule has 0 spiro atoms. The molecule has 0 bridgehead atoms. The molecule has 1 saturated heterocycles. The summed E-state index contributed by atoms with van der Waals surface area (Å²) in [4.78, 5) is 25.4. The van der Waals surface area contributed by atoms with Crippen molar-refractivity contribution in [2.45, 2.75) is 13.0 Å². The lowest BCUT2D eigenvalue weighted by atomic mass is 10.1. The van der Waals surface area contributed by atoms with Crippen LogP contribution in [0.2, 0.25) is 0 Å². The van der Waals surface area contributed by atoms with E-state index >= 15 is 0 Å². The van der Waals surface area contributed by atoms with Crippen LogP contribution < -0.4 is 10.6 Å². The Morgan fingerprint density at radius 2 is 2.06 bits per heavy atom. The maximum absolute atomic E-state index is 11.6. The van der Waals surface area contributed by atoms with Gasteiger partial charge in [-0.1, -0.05) is 0 Å². The minimum absolute atomic E-state index is 0.0164. The molecule has 6 rings (SSSR count). The van der Waals surface area contributed by atoms with E-state index in [1.165, 1.54) is 4.88 Å². The number of morpholine rings is 1. The predicted octanol–water partition coefficient (Wildman–Crippen LogP) is 2.92. The molecule has 0 saturated carbocycles. The summed E-state index contributed by atoms with van der Waals surface area (Å²) in [5, 5.41) is 10.8. The van der Waals surface area contributed by atoms with E-state index < -0.39 is 0 Å². The standard InChI is InChI=1S/C22H21N7O2S/c30-21-10-14-9-15(1-3-17(14)25-21)24-22-26-20-12-23-11-18(29(20)27-22)19-4-2-16(32-19)13-28-5-7-31-8-6-28/h1-4,9,11-12H,5-8,10,13H2,(H,24,27)(H,25,30). The van der Waals surface area contributed by atoms with Crippen molar-refractivity contribution >= 4 is 40.2 Å². The van der Waals surface area contributed by atoms with Crippen LogP contribution in [0.25, 0.3) is 16.2 Å². The molecule has 2 N–H and O–H groups in total. The molecule has 162 valence electrons. The highest BCUT2D eigenvalue weighted by Gasteiger charge is 2.18. The molecule has 1 amide bonds. The Kier molecular flexibility index (Phi) is 4.82. The molecule has 3 aromatic heterocycles. The Morgan fingerprint density at radius 3 is 2.97 bits per heavy atom. The van der Waals surface area contributed by atoms with E-state index in [-0.39, 0.29) is 5.91 Å². The van der Waals surface area contributed by atoms with Crippen molar-refractivity contribution in [1.29, 1.82) is 0 Å². The van der Waals surface area contributed by atoms with E-state index in [1.807, 2.05) is 28.9 Å². The highest BCUT2D eigenvalue weighted by atomic mass is 32.1. The molecule has 0 unspecified atom stereocenters. The van der Waals surface area contributed by atoms with Crippen molar-refractivity contribution in [1.82, 2.24) is 24.5 Å². The second-order valence-corrected chi connectivity index (χ2v) is 9.04. The highest BCUT2D eigenvalue weighted by molar-refractivity contribution is 7.15. The molecule has 1 fully saturated rings. The Morgan fingerprint density at radius 1 is 1.16 bits per heavy atom. The minimum atomic E-state index is 0.0164. The summed E-state index contributed by atoms with van der Waals surface area (Å²) in [6, 6.07) is 10.1. The number of ether oxygens (including phenoxy) is 1. The van der Waals surface area contributed by atoms with Crippen LogP contribution in [0.5, 0.6) is 0 Å². The van der Waals surface area contributed by atoms with Crippen LogP contribution >= 0.6 is 11.3 Å². The molecule has 10 heteroatoms. The monoisotopic (exact) mass is 447 g/mol. The van der Waals surface area contributed by atoms with Gasteiger partial charge < -0.3 is 15.4 Å². The number of nitrogens with zero attached hydrogens (tertiary/aromatic N) is 5. The fraction of sp³-hybridized carbons (Fsp3) is 0.273. The molecule has 4 aromatic rings. The van der Waals surface area contributed by atoms with Crippen molar-refractivity contribution < 1.29 is 9.53 Å². The molecule has 9 nitrogen and oxygen atoms in total. The lowest BCUT2D eigenvalue weighted by Crippen LogP contribution is -2.35. The molecule has 2 aliphatic rings. The third-order valence-corrected chi connectivity index (χ3v) is 6.72. The number of aromatic nitrogens is 4. The number of hydrogen-bond acceptors (Lipinski definition) is 8. The molecule has 32 heavy (non-hydrogen) atoms. The van der Waals surface area contributed by atoms with Gasteiger partial charge in [-0.15, -0.1) is 16.4 Å². The van der Waals surface area contributed by atoms with Gasteiger partial charge in [0, 0.05) is 35.9 Å². The molecule has 0 radical (unpaired) electrons. The number of nitrogens with one attached hydrogen (secondary N) is 2. The van der Waals surface area contributed by atoms with Crippen LogP contribution in [0.1, 0.15) is 10.4 Å². The number of hydrogen-bond donors (Lipinski definition) is 2. The van der Waals surface area contributed by atoms with Crippen LogP contribution in [0, 0.1) is 0 Å². The largest absolute Gasteiger partial charge is 0.379 e. The van der Waals surface area contributed by atoms with Crippen LogP contribution in [-0.2, 0) is 22.5 Å². The first-order valence-corrected chi connectivity index (χ1v) is 11.3. The van der Waals surface area contributed by atoms with Gasteiger partial charge in [0.1, 0.15) is 5.69 Å². The summed E-state index contributed by atoms with van der Waals surface area (Å²) in [6.07, 6.45) is 3.92. The minimum Gasteiger partial charge on any atom is -0.379 e. The first-order valence-electron chi connectivity index (χ1n) is 10.5. The van der Waals surface area contributed by atoms with E-state index in [2.05, 4.69) is 42.7 Å². The molecular weight excluding hydrogens is 426 g/mol. The van der Waals surface area contributed by atoms with E-state index in [1.54, 1.807) is 17.5 Å². The van der Waals surface area contributed by atoms with Crippen molar-refractivity contribution in [3.63, 3.8) is 0 Å². The number of fused-ring (bicyclic) bond motifs is 2. The Bertz CT molecular complexity index is 1310. The summed E-state index contributed by atoms with van der Waals surface area (Å²) < 4.78 is 7.26. The molecular formula is C22H21N7O2S. The van der Waals surface area contributed by atoms with Crippen LogP contribution in [-0.4, -0.2) is 56.7 Å². The number of thiophene rings is 1. The molecule has 5 heterocycles. The zero-order valence-corrected chi connectivity index (χ0v) is 18.1. The summed E-state index contributed by atoms with van der Waals surface area (Å²) in [5.41, 5.74) is 4.25. The van der Waals surface area contributed by atoms with E-state index in [4.69, 9.17) is 4.74 Å². The topological polar surface area (TPSA) is 96.7 Å². The smallest absolute Gasteiger partial charge is 0.247 e. The SMILES string of the molecule is O=C1Cc2cc(Nc3nc4cncc(-c5ccc(CN6CCOCC6)s5)n4n3)ccc2N1. The fourth-order valence-corrected chi connectivity index (χ4v) is 5.10. The van der Waals surface area contributed by atoms with Gasteiger partial charge in [-0.25, -0.2) is 4.52 Å². The summed E-state index contributed by atoms with van der Waals surface area (Å²) in [7, 11) is 0. The zero-order chi connectivity index (χ0) is 21.5. The Labute approximate surface area is 188 Å². The quantitative estimate of drug-likeness (QED) is 0.486. The van der Waals surface area contributed by atoms with Gasteiger partial charge in [0.2, 0.25) is 11.9 Å². The molecule has 1 aromatic carbocycles. The zero-order valence-electron chi connectivity index (χ0n) is 17.2. The Balaban J connectivity index is 1.25. The number of carbonyl (C=O) groups excluding carboxylic acids is 1. The second-order valence-electron chi connectivity index (χ2n) is 7.87. The van der Waals surface area contributed by atoms with Gasteiger partial charge in [-0.2, -0.15) is 4.98 Å². The lowest BCUT2D eigenvalue weighted by Gasteiger charge is -2.25. The summed E-state index contributed by atoms with van der Waals surface area (Å²) >= 11 is 1.75. The van der Waals surface area contributed by atoms with Crippen molar-refractivity contribution in [3.05, 3.63) is 53.2 Å². The van der Waals surface area contributed by atoms with E-state index in [9.17, 15) is 4.79 Å². The van der Waals surface area contributed by atoms with Gasteiger partial charge >= 0.3 is 0 Å². The molecule has 0 aliphatic carbocycles. The normalized spacial score (nSPS) is 16.3. The fourth-order valence-electron chi connectivity index (χ4n) is 4.05. The Hall–Kier alpha value is -3.34. The lowest BCUT2D eigenvalue weighted by molar-refractivity contribution is -0.115. The third kappa shape index (κ3) is 3.72. The van der Waals surface area contributed by atoms with Gasteiger partial charge in [0.05, 0.1) is 36.9 Å². The average molecular weight is 448 g/mol. The van der Waals surface area contributed by atoms with E-state index in [0.717, 1.165) is 60.4 Å². The van der Waals surface area contributed by atoms with Crippen molar-refractivity contribution in [3.8, 4) is 10.6 Å². The van der Waals surface area contributed by atoms with Crippen LogP contribution in [0.3, 0.4) is 0 Å². The van der Waals surface area contributed by atoms with Gasteiger partial charge in [-0.3, -0.25) is 14.7 Å². The number of benzene rings is 1. The van der Waals surface area contributed by atoms with Gasteiger partial charge in [-0.05, 0) is 35.9 Å². The highest BCUT2D eigenvalue weighted by Crippen LogP contribution is 2.30. The predicted molar refractivity (Wildman–Crippen MR) is 122 cm³/mol. The van der Waals surface area contributed by atoms with Crippen molar-refractivity contribution in [2.75, 3.05) is 36.9 Å². The number of anilines is 3. The maximum atomic E-state index is 11.6. The number of amides is 1. The molecule has 0 atom stereocenters. The van der Waals surface area contributed by atoms with Gasteiger partial charge in [0.25, 0.3) is 0 Å². The summed E-state index contributed by atoms with van der Waals surface area (Å²) in [6.45, 7) is 4.46. The average Bonchev–Trinajstić information content (AvgIpc) is 3.51. The first kappa shape index (κ1) is 19.4. The second kappa shape index (κ2) is 7.97. The van der Waals surface area contributed by atoms with Crippen molar-refractivity contribution in [2.24, 2.45) is 0 Å².